The molecule has 0 aliphatic heterocycles. The second-order valence-corrected chi connectivity index (χ2v) is 10.00. The van der Waals surface area contributed by atoms with Crippen molar-refractivity contribution in [1.82, 2.24) is 50.5 Å². The quantitative estimate of drug-likeness (QED) is 0.204. The Hall–Kier alpha value is -6.72. The van der Waals surface area contributed by atoms with E-state index in [0.717, 1.165) is 20.4 Å². The topological polar surface area (TPSA) is 223 Å². The van der Waals surface area contributed by atoms with E-state index >= 15 is 0 Å². The summed E-state index contributed by atoms with van der Waals surface area (Å²) in [5, 5.41) is 35.5. The van der Waals surface area contributed by atoms with E-state index in [-0.39, 0.29) is 33.9 Å². The van der Waals surface area contributed by atoms with Gasteiger partial charge in [0, 0.05) is 0 Å². The van der Waals surface area contributed by atoms with E-state index in [1.807, 2.05) is 0 Å². The van der Waals surface area contributed by atoms with E-state index in [4.69, 9.17) is 9.47 Å². The van der Waals surface area contributed by atoms with Crippen LogP contribution in [0.15, 0.2) is 60.7 Å². The fourth-order valence-corrected chi connectivity index (χ4v) is 4.68. The van der Waals surface area contributed by atoms with Gasteiger partial charge in [0.2, 0.25) is 0 Å². The summed E-state index contributed by atoms with van der Waals surface area (Å²) in [5.41, 5.74) is 3.31. The van der Waals surface area contributed by atoms with Gasteiger partial charge in [-0.1, -0.05) is 12.1 Å². The van der Waals surface area contributed by atoms with Crippen LogP contribution >= 0.6 is 0 Å². The molecule has 2 aromatic carbocycles. The number of nitrogens with one attached hydrogen (secondary N) is 2. The highest BCUT2D eigenvalue weighted by molar-refractivity contribution is 6.08. The van der Waals surface area contributed by atoms with Gasteiger partial charge in [0.25, 0.3) is 11.8 Å². The van der Waals surface area contributed by atoms with Crippen LogP contribution in [-0.4, -0.2) is 88.5 Å². The molecule has 0 saturated heterocycles. The van der Waals surface area contributed by atoms with Gasteiger partial charge in [-0.25, -0.2) is 9.59 Å². The minimum absolute atomic E-state index is 0.0388. The number of benzene rings is 2. The summed E-state index contributed by atoms with van der Waals surface area (Å²) in [4.78, 5) is 50.9. The number of hydrogen-bond acceptors (Lipinski definition) is 14. The van der Waals surface area contributed by atoms with E-state index in [9.17, 15) is 19.2 Å². The number of carbonyl (C=O) groups is 4. The molecule has 4 aromatic heterocycles. The predicted molar refractivity (Wildman–Crippen MR) is 161 cm³/mol. The summed E-state index contributed by atoms with van der Waals surface area (Å²) < 4.78 is 12.1. The number of amides is 2. The van der Waals surface area contributed by atoms with Crippen LogP contribution in [0.25, 0.3) is 11.3 Å². The van der Waals surface area contributed by atoms with Crippen molar-refractivity contribution in [3.63, 3.8) is 0 Å². The second-order valence-electron chi connectivity index (χ2n) is 10.00. The van der Waals surface area contributed by atoms with Crippen molar-refractivity contribution in [3.8, 4) is 0 Å². The number of esters is 2. The van der Waals surface area contributed by atoms with Crippen LogP contribution in [0.1, 0.15) is 59.2 Å². The maximum Gasteiger partial charge on any atom is 0.339 e. The molecule has 18 nitrogen and oxygen atoms in total. The van der Waals surface area contributed by atoms with Gasteiger partial charge in [-0.2, -0.15) is 0 Å². The Morgan fingerprint density at radius 1 is 0.638 bits per heavy atom. The van der Waals surface area contributed by atoms with Crippen molar-refractivity contribution in [1.29, 1.82) is 0 Å². The van der Waals surface area contributed by atoms with Gasteiger partial charge in [0.1, 0.15) is 0 Å². The molecule has 0 atom stereocenters. The van der Waals surface area contributed by atoms with Crippen molar-refractivity contribution in [2.24, 2.45) is 0 Å². The zero-order chi connectivity index (χ0) is 32.9. The standard InChI is InChI=1S/C29H24N12O6/c1-46-28(44)18-8-6-17(15-23(18)31-27(43)22-11-13-25-33-37-39-41(25)35-22)5-3-4-16-7-9-20(19(14-16)29(45)47-2)30-26(42)21-10-12-24-32-36-38-40(24)34-21/h6-15H,3-5H2,1-2H3,(H,30,42)(H,31,43). The summed E-state index contributed by atoms with van der Waals surface area (Å²) in [6.45, 7) is 0. The van der Waals surface area contributed by atoms with Gasteiger partial charge in [0.05, 0.1) is 36.7 Å². The molecule has 18 heteroatoms. The first kappa shape index (κ1) is 30.3. The first-order chi connectivity index (χ1) is 22.8. The molecular formula is C29H24N12O6. The molecule has 6 aromatic rings. The van der Waals surface area contributed by atoms with Crippen LogP contribution < -0.4 is 10.6 Å². The average Bonchev–Trinajstić information content (AvgIpc) is 3.77. The molecule has 47 heavy (non-hydrogen) atoms. The predicted octanol–water partition coefficient (Wildman–Crippen LogP) is 1.61. The molecule has 0 bridgehead atoms. The maximum atomic E-state index is 13.0. The lowest BCUT2D eigenvalue weighted by Gasteiger charge is -2.13. The van der Waals surface area contributed by atoms with Crippen molar-refractivity contribution >= 4 is 46.4 Å². The van der Waals surface area contributed by atoms with Crippen LogP contribution in [0.3, 0.4) is 0 Å². The lowest BCUT2D eigenvalue weighted by molar-refractivity contribution is 0.0592. The van der Waals surface area contributed by atoms with E-state index in [1.165, 1.54) is 26.4 Å². The summed E-state index contributed by atoms with van der Waals surface area (Å²) in [7, 11) is 2.50. The highest BCUT2D eigenvalue weighted by Gasteiger charge is 2.19. The van der Waals surface area contributed by atoms with Crippen molar-refractivity contribution in [3.05, 3.63) is 94.3 Å². The van der Waals surface area contributed by atoms with Crippen LogP contribution in [-0.2, 0) is 22.3 Å². The van der Waals surface area contributed by atoms with Gasteiger partial charge in [-0.15, -0.1) is 29.7 Å². The molecule has 0 aliphatic rings. The Morgan fingerprint density at radius 3 is 1.77 bits per heavy atom. The summed E-state index contributed by atoms with van der Waals surface area (Å²) in [6, 6.07) is 16.1. The van der Waals surface area contributed by atoms with Gasteiger partial charge in [0.15, 0.2) is 22.7 Å². The number of fused-ring (bicyclic) bond motifs is 2. The second kappa shape index (κ2) is 13.1. The molecule has 0 spiro atoms. The highest BCUT2D eigenvalue weighted by atomic mass is 16.5. The van der Waals surface area contributed by atoms with E-state index in [0.29, 0.717) is 30.6 Å². The van der Waals surface area contributed by atoms with E-state index in [2.05, 4.69) is 51.9 Å². The number of hydrogen-bond donors (Lipinski definition) is 2. The van der Waals surface area contributed by atoms with Crippen molar-refractivity contribution in [2.75, 3.05) is 24.9 Å². The Labute approximate surface area is 264 Å². The van der Waals surface area contributed by atoms with Crippen molar-refractivity contribution < 1.29 is 28.7 Å². The first-order valence-corrected chi connectivity index (χ1v) is 14.0. The van der Waals surface area contributed by atoms with Crippen LogP contribution in [0.5, 0.6) is 0 Å². The number of methoxy groups -OCH3 is 2. The van der Waals surface area contributed by atoms with Crippen LogP contribution in [0.4, 0.5) is 11.4 Å². The number of carbonyl (C=O) groups excluding carboxylic acids is 4. The minimum Gasteiger partial charge on any atom is -0.465 e. The first-order valence-electron chi connectivity index (χ1n) is 14.0. The lowest BCUT2D eigenvalue weighted by Crippen LogP contribution is -2.18. The largest absolute Gasteiger partial charge is 0.465 e. The van der Waals surface area contributed by atoms with Gasteiger partial charge >= 0.3 is 11.9 Å². The number of aromatic nitrogens is 10. The average molecular weight is 637 g/mol. The molecule has 0 radical (unpaired) electrons. The molecule has 2 N–H and O–H groups in total. The molecule has 0 fully saturated rings. The number of anilines is 2. The Kier molecular flexibility index (Phi) is 8.45. The molecule has 2 amide bonds. The van der Waals surface area contributed by atoms with Crippen LogP contribution in [0.2, 0.25) is 0 Å². The number of ether oxygens (including phenoxy) is 2. The number of nitrogens with zero attached hydrogens (tertiary/aromatic N) is 10. The Balaban J connectivity index is 1.15. The fourth-order valence-electron chi connectivity index (χ4n) is 4.68. The third kappa shape index (κ3) is 6.55. The van der Waals surface area contributed by atoms with E-state index < -0.39 is 23.8 Å². The number of aryl methyl sites for hydroxylation is 2. The fraction of sp³-hybridized carbons (Fsp3) is 0.172. The van der Waals surface area contributed by atoms with Gasteiger partial charge in [-0.05, 0) is 99.8 Å². The molecule has 6 rings (SSSR count). The maximum absolute atomic E-state index is 13.0. The Morgan fingerprint density at radius 2 is 1.17 bits per heavy atom. The third-order valence-electron chi connectivity index (χ3n) is 7.01. The minimum atomic E-state index is -0.626. The number of tetrazole rings is 2. The highest BCUT2D eigenvalue weighted by Crippen LogP contribution is 2.23. The molecule has 236 valence electrons. The normalized spacial score (nSPS) is 10.9. The molecule has 0 aliphatic carbocycles. The summed E-state index contributed by atoms with van der Waals surface area (Å²) in [5.74, 6) is -2.38. The zero-order valence-electron chi connectivity index (χ0n) is 24.8. The van der Waals surface area contributed by atoms with E-state index in [1.54, 1.807) is 48.5 Å². The zero-order valence-corrected chi connectivity index (χ0v) is 24.8. The smallest absolute Gasteiger partial charge is 0.339 e. The SMILES string of the molecule is COC(=O)c1ccc(CCCc2ccc(NC(=O)c3ccc4nnnn4n3)c(C(=O)OC)c2)cc1NC(=O)c1ccc2nnnn2n1. The number of rotatable bonds is 10. The summed E-state index contributed by atoms with van der Waals surface area (Å²) in [6.07, 6.45) is 1.77. The van der Waals surface area contributed by atoms with Gasteiger partial charge in [-0.3, -0.25) is 9.59 Å². The molecule has 4 heterocycles. The van der Waals surface area contributed by atoms with Gasteiger partial charge < -0.3 is 20.1 Å². The molecular weight excluding hydrogens is 612 g/mol. The molecule has 0 unspecified atom stereocenters. The monoisotopic (exact) mass is 636 g/mol. The van der Waals surface area contributed by atoms with Crippen LogP contribution in [0, 0.1) is 0 Å². The third-order valence-corrected chi connectivity index (χ3v) is 7.01. The lowest BCUT2D eigenvalue weighted by atomic mass is 10.00. The molecule has 0 saturated carbocycles. The van der Waals surface area contributed by atoms with Crippen molar-refractivity contribution in [2.45, 2.75) is 19.3 Å². The Bertz CT molecular complexity index is 2160. The summed E-state index contributed by atoms with van der Waals surface area (Å²) >= 11 is 0.